The number of hydrogen-bond donors (Lipinski definition) is 1. The van der Waals surface area contributed by atoms with Gasteiger partial charge in [-0.2, -0.15) is 0 Å². The zero-order valence-corrected chi connectivity index (χ0v) is 15.4. The van der Waals surface area contributed by atoms with Crippen molar-refractivity contribution in [1.82, 2.24) is 10.3 Å². The summed E-state index contributed by atoms with van der Waals surface area (Å²) in [6.07, 6.45) is 0.817. The molecule has 1 heterocycles. The highest BCUT2D eigenvalue weighted by atomic mass is 32.1. The molecule has 0 radical (unpaired) electrons. The molecule has 1 N–H and O–H groups in total. The molecular weight excluding hydrogens is 340 g/mol. The minimum Gasteiger partial charge on any atom is -0.487 e. The number of hydrogen-bond acceptors (Lipinski definition) is 6. The predicted octanol–water partition coefficient (Wildman–Crippen LogP) is 3.10. The van der Waals surface area contributed by atoms with Crippen LogP contribution in [0, 0.1) is 6.92 Å². The summed E-state index contributed by atoms with van der Waals surface area (Å²) in [5.41, 5.74) is 1.18. The lowest BCUT2D eigenvalue weighted by Gasteiger charge is -2.11. The van der Waals surface area contributed by atoms with E-state index in [1.54, 1.807) is 35.6 Å². The maximum absolute atomic E-state index is 12.1. The van der Waals surface area contributed by atoms with Crippen LogP contribution < -0.4 is 10.1 Å². The number of thiazole rings is 1. The molecule has 2 rings (SSSR count). The molecule has 1 aromatic heterocycles. The smallest absolute Gasteiger partial charge is 0.338 e. The molecule has 0 spiro atoms. The molecule has 0 saturated carbocycles. The number of aromatic nitrogens is 1. The third kappa shape index (κ3) is 6.19. The van der Waals surface area contributed by atoms with E-state index in [0.717, 1.165) is 17.1 Å². The monoisotopic (exact) mass is 362 g/mol. The van der Waals surface area contributed by atoms with Gasteiger partial charge in [0, 0.05) is 11.4 Å². The van der Waals surface area contributed by atoms with Gasteiger partial charge in [0.15, 0.2) is 6.61 Å². The molecule has 134 valence electrons. The van der Waals surface area contributed by atoms with E-state index in [1.807, 2.05) is 26.2 Å². The van der Waals surface area contributed by atoms with Crippen LogP contribution in [-0.4, -0.2) is 29.5 Å². The highest BCUT2D eigenvalue weighted by Gasteiger charge is 2.12. The number of ether oxygens (including phenoxy) is 2. The van der Waals surface area contributed by atoms with Crippen molar-refractivity contribution in [1.29, 1.82) is 0 Å². The van der Waals surface area contributed by atoms with Crippen LogP contribution in [-0.2, 0) is 16.1 Å². The van der Waals surface area contributed by atoms with Crippen LogP contribution in [0.4, 0.5) is 0 Å². The van der Waals surface area contributed by atoms with E-state index in [4.69, 9.17) is 9.47 Å². The first-order valence-corrected chi connectivity index (χ1v) is 8.96. The Balaban J connectivity index is 1.86. The molecule has 2 aromatic rings. The minimum absolute atomic E-state index is 0.0530. The Kier molecular flexibility index (Phi) is 6.94. The number of esters is 1. The van der Waals surface area contributed by atoms with Crippen molar-refractivity contribution in [3.05, 3.63) is 45.9 Å². The highest BCUT2D eigenvalue weighted by molar-refractivity contribution is 7.09. The van der Waals surface area contributed by atoms with E-state index in [1.165, 1.54) is 0 Å². The molecule has 25 heavy (non-hydrogen) atoms. The number of nitrogens with zero attached hydrogens (tertiary/aromatic N) is 1. The van der Waals surface area contributed by atoms with Crippen molar-refractivity contribution in [2.24, 2.45) is 0 Å². The van der Waals surface area contributed by atoms with Crippen LogP contribution in [0.5, 0.6) is 5.75 Å². The first-order chi connectivity index (χ1) is 12.0. The lowest BCUT2D eigenvalue weighted by atomic mass is 10.2. The minimum atomic E-state index is -0.561. The third-order valence-corrected chi connectivity index (χ3v) is 4.30. The van der Waals surface area contributed by atoms with Crippen LogP contribution in [0.15, 0.2) is 29.6 Å². The van der Waals surface area contributed by atoms with Crippen LogP contribution in [0.2, 0.25) is 0 Å². The van der Waals surface area contributed by atoms with Gasteiger partial charge in [0.2, 0.25) is 0 Å². The van der Waals surface area contributed by atoms with Gasteiger partial charge in [-0.05, 0) is 38.5 Å². The van der Waals surface area contributed by atoms with Gasteiger partial charge in [0.05, 0.1) is 16.3 Å². The van der Waals surface area contributed by atoms with Crippen LogP contribution >= 0.6 is 11.3 Å². The molecule has 1 amide bonds. The Labute approximate surface area is 151 Å². The zero-order chi connectivity index (χ0) is 18.2. The van der Waals surface area contributed by atoms with Crippen LogP contribution in [0.25, 0.3) is 0 Å². The number of rotatable bonds is 8. The zero-order valence-electron chi connectivity index (χ0n) is 14.6. The fourth-order valence-electron chi connectivity index (χ4n) is 1.98. The van der Waals surface area contributed by atoms with Gasteiger partial charge in [-0.3, -0.25) is 4.79 Å². The second-order valence-corrected chi connectivity index (χ2v) is 6.69. The number of amides is 1. The van der Waals surface area contributed by atoms with E-state index < -0.39 is 5.97 Å². The Morgan fingerprint density at radius 3 is 2.84 bits per heavy atom. The lowest BCUT2D eigenvalue weighted by molar-refractivity contribution is -0.124. The summed E-state index contributed by atoms with van der Waals surface area (Å²) in [5, 5.41) is 5.65. The third-order valence-electron chi connectivity index (χ3n) is 3.48. The van der Waals surface area contributed by atoms with E-state index in [0.29, 0.717) is 17.9 Å². The molecule has 0 aliphatic heterocycles. The fourth-order valence-corrected chi connectivity index (χ4v) is 2.57. The Morgan fingerprint density at radius 1 is 1.36 bits per heavy atom. The van der Waals surface area contributed by atoms with Gasteiger partial charge in [-0.15, -0.1) is 11.3 Å². The fraction of sp³-hybridized carbons (Fsp3) is 0.389. The summed E-state index contributed by atoms with van der Waals surface area (Å²) in [6, 6.07) is 6.73. The maximum Gasteiger partial charge on any atom is 0.338 e. The first kappa shape index (κ1) is 18.9. The Bertz CT molecular complexity index is 729. The predicted molar refractivity (Wildman–Crippen MR) is 95.8 cm³/mol. The number of carbonyl (C=O) groups is 2. The summed E-state index contributed by atoms with van der Waals surface area (Å²) in [6.45, 7) is 5.83. The van der Waals surface area contributed by atoms with Crippen molar-refractivity contribution in [3.63, 3.8) is 0 Å². The van der Waals surface area contributed by atoms with Crippen molar-refractivity contribution < 1.29 is 19.1 Å². The number of carbonyl (C=O) groups excluding carboxylic acids is 2. The number of nitrogens with one attached hydrogen (secondary N) is 1. The van der Waals surface area contributed by atoms with E-state index in [2.05, 4.69) is 10.3 Å². The SMILES string of the molecule is CCC(C)NC(=O)COC(=O)c1cccc(OCc2csc(C)n2)c1. The summed E-state index contributed by atoms with van der Waals surface area (Å²) in [4.78, 5) is 28.0. The van der Waals surface area contributed by atoms with Gasteiger partial charge in [-0.25, -0.2) is 9.78 Å². The highest BCUT2D eigenvalue weighted by Crippen LogP contribution is 2.17. The topological polar surface area (TPSA) is 77.5 Å². The van der Waals surface area contributed by atoms with E-state index in [9.17, 15) is 9.59 Å². The molecule has 1 unspecified atom stereocenters. The standard InChI is InChI=1S/C18H22N2O4S/c1-4-12(2)19-17(21)10-24-18(22)14-6-5-7-16(8-14)23-9-15-11-25-13(3)20-15/h5-8,11-12H,4,9-10H2,1-3H3,(H,19,21). The lowest BCUT2D eigenvalue weighted by Crippen LogP contribution is -2.35. The summed E-state index contributed by atoms with van der Waals surface area (Å²) in [5.74, 6) is -0.326. The summed E-state index contributed by atoms with van der Waals surface area (Å²) >= 11 is 1.56. The van der Waals surface area contributed by atoms with E-state index in [-0.39, 0.29) is 18.6 Å². The number of benzene rings is 1. The summed E-state index contributed by atoms with van der Waals surface area (Å²) in [7, 11) is 0. The van der Waals surface area contributed by atoms with Gasteiger partial charge >= 0.3 is 5.97 Å². The molecule has 0 saturated heterocycles. The molecule has 0 aliphatic carbocycles. The van der Waals surface area contributed by atoms with Crippen LogP contribution in [0.3, 0.4) is 0 Å². The average Bonchev–Trinajstić information content (AvgIpc) is 3.03. The largest absolute Gasteiger partial charge is 0.487 e. The Hall–Kier alpha value is -2.41. The van der Waals surface area contributed by atoms with Gasteiger partial charge in [-0.1, -0.05) is 13.0 Å². The van der Waals surface area contributed by atoms with Crippen molar-refractivity contribution >= 4 is 23.2 Å². The van der Waals surface area contributed by atoms with Crippen LogP contribution in [0.1, 0.15) is 41.3 Å². The van der Waals surface area contributed by atoms with Gasteiger partial charge in [0.1, 0.15) is 12.4 Å². The van der Waals surface area contributed by atoms with Crippen molar-refractivity contribution in [2.75, 3.05) is 6.61 Å². The Morgan fingerprint density at radius 2 is 2.16 bits per heavy atom. The van der Waals surface area contributed by atoms with Crippen molar-refractivity contribution in [3.8, 4) is 5.75 Å². The summed E-state index contributed by atoms with van der Waals surface area (Å²) < 4.78 is 10.7. The van der Waals surface area contributed by atoms with Crippen molar-refractivity contribution in [2.45, 2.75) is 39.8 Å². The molecule has 6 nitrogen and oxygen atoms in total. The van der Waals surface area contributed by atoms with Gasteiger partial charge in [0.25, 0.3) is 5.91 Å². The average molecular weight is 362 g/mol. The van der Waals surface area contributed by atoms with Gasteiger partial charge < -0.3 is 14.8 Å². The first-order valence-electron chi connectivity index (χ1n) is 8.08. The van der Waals surface area contributed by atoms with E-state index >= 15 is 0 Å². The second-order valence-electron chi connectivity index (χ2n) is 5.63. The number of aryl methyl sites for hydroxylation is 1. The quantitative estimate of drug-likeness (QED) is 0.730. The molecule has 0 bridgehead atoms. The molecule has 1 aromatic carbocycles. The normalized spacial score (nSPS) is 11.6. The molecule has 1 atom stereocenters. The molecular formula is C18H22N2O4S. The molecule has 7 heteroatoms. The molecule has 0 fully saturated rings. The second kappa shape index (κ2) is 9.17. The molecule has 0 aliphatic rings. The maximum atomic E-state index is 12.1.